The molecule has 1 N–H and O–H groups in total. The van der Waals surface area contributed by atoms with Gasteiger partial charge in [0.05, 0.1) is 11.3 Å². The van der Waals surface area contributed by atoms with Gasteiger partial charge in [-0.3, -0.25) is 9.59 Å². The molecule has 0 spiro atoms. The maximum atomic E-state index is 13.1. The summed E-state index contributed by atoms with van der Waals surface area (Å²) in [5.41, 5.74) is 0.493. The molecule has 21 heavy (non-hydrogen) atoms. The van der Waals surface area contributed by atoms with Crippen LogP contribution in [-0.4, -0.2) is 23.4 Å². The van der Waals surface area contributed by atoms with Crippen molar-refractivity contribution in [2.75, 3.05) is 4.90 Å². The van der Waals surface area contributed by atoms with Crippen LogP contribution in [0.15, 0.2) is 24.3 Å². The van der Waals surface area contributed by atoms with Gasteiger partial charge in [-0.2, -0.15) is 0 Å². The van der Waals surface area contributed by atoms with Crippen molar-refractivity contribution in [3.05, 3.63) is 29.8 Å². The standard InChI is InChI=1S/C17H24N2O2/c1-5-12(4)19-14-11-9-8-10-13(14)15(20)18-17(6-2,7-3)16(19)21/h8-12H,5-7H2,1-4H3,(H,18,20). The molecule has 4 nitrogen and oxygen atoms in total. The molecular weight excluding hydrogens is 264 g/mol. The third kappa shape index (κ3) is 2.43. The van der Waals surface area contributed by atoms with Gasteiger partial charge < -0.3 is 10.2 Å². The van der Waals surface area contributed by atoms with E-state index in [9.17, 15) is 9.59 Å². The predicted octanol–water partition coefficient (Wildman–Crippen LogP) is 3.12. The Morgan fingerprint density at radius 3 is 2.33 bits per heavy atom. The van der Waals surface area contributed by atoms with E-state index in [4.69, 9.17) is 0 Å². The Balaban J connectivity index is 2.65. The Morgan fingerprint density at radius 2 is 1.76 bits per heavy atom. The third-order valence-electron chi connectivity index (χ3n) is 4.63. The molecule has 0 bridgehead atoms. The number of carbonyl (C=O) groups excluding carboxylic acids is 2. The molecule has 1 aliphatic rings. The first-order valence-corrected chi connectivity index (χ1v) is 7.76. The van der Waals surface area contributed by atoms with E-state index in [2.05, 4.69) is 12.2 Å². The van der Waals surface area contributed by atoms with Crippen molar-refractivity contribution in [2.24, 2.45) is 0 Å². The van der Waals surface area contributed by atoms with E-state index in [0.29, 0.717) is 18.4 Å². The van der Waals surface area contributed by atoms with Crippen molar-refractivity contribution >= 4 is 17.5 Å². The smallest absolute Gasteiger partial charge is 0.254 e. The topological polar surface area (TPSA) is 49.4 Å². The van der Waals surface area contributed by atoms with Gasteiger partial charge in [-0.25, -0.2) is 0 Å². The number of para-hydroxylation sites is 1. The van der Waals surface area contributed by atoms with Crippen LogP contribution in [0.25, 0.3) is 0 Å². The van der Waals surface area contributed by atoms with Crippen molar-refractivity contribution in [2.45, 2.75) is 58.5 Å². The second kappa shape index (κ2) is 5.88. The monoisotopic (exact) mass is 288 g/mol. The molecule has 2 rings (SSSR count). The zero-order valence-corrected chi connectivity index (χ0v) is 13.3. The van der Waals surface area contributed by atoms with E-state index in [1.54, 1.807) is 11.0 Å². The SMILES string of the molecule is CCC(C)N1C(=O)C(CC)(CC)NC(=O)c2ccccc21. The van der Waals surface area contributed by atoms with E-state index < -0.39 is 5.54 Å². The summed E-state index contributed by atoms with van der Waals surface area (Å²) in [7, 11) is 0. The van der Waals surface area contributed by atoms with Gasteiger partial charge in [0.2, 0.25) is 0 Å². The summed E-state index contributed by atoms with van der Waals surface area (Å²) in [6, 6.07) is 7.42. The van der Waals surface area contributed by atoms with Crippen molar-refractivity contribution in [3.8, 4) is 0 Å². The number of nitrogens with one attached hydrogen (secondary N) is 1. The lowest BCUT2D eigenvalue weighted by atomic mass is 9.90. The summed E-state index contributed by atoms with van der Waals surface area (Å²) in [5.74, 6) is -0.159. The highest BCUT2D eigenvalue weighted by atomic mass is 16.2. The highest BCUT2D eigenvalue weighted by molar-refractivity contribution is 6.13. The molecule has 0 aromatic heterocycles. The van der Waals surface area contributed by atoms with Crippen LogP contribution in [0, 0.1) is 0 Å². The maximum Gasteiger partial charge on any atom is 0.254 e. The first kappa shape index (κ1) is 15.5. The molecule has 1 aromatic rings. The normalized spacial score (nSPS) is 18.8. The minimum atomic E-state index is -0.806. The Hall–Kier alpha value is -1.84. The molecule has 0 fully saturated rings. The summed E-state index contributed by atoms with van der Waals surface area (Å²) >= 11 is 0. The summed E-state index contributed by atoms with van der Waals surface area (Å²) in [5, 5.41) is 2.98. The molecule has 1 aromatic carbocycles. The third-order valence-corrected chi connectivity index (χ3v) is 4.63. The van der Waals surface area contributed by atoms with Gasteiger partial charge in [-0.1, -0.05) is 32.9 Å². The largest absolute Gasteiger partial charge is 0.338 e. The van der Waals surface area contributed by atoms with Gasteiger partial charge in [-0.05, 0) is 38.3 Å². The molecule has 0 saturated heterocycles. The summed E-state index contributed by atoms with van der Waals surface area (Å²) in [4.78, 5) is 27.5. The summed E-state index contributed by atoms with van der Waals surface area (Å²) in [6.45, 7) is 7.99. The van der Waals surface area contributed by atoms with Gasteiger partial charge in [0.15, 0.2) is 0 Å². The number of rotatable bonds is 4. The number of benzene rings is 1. The van der Waals surface area contributed by atoms with E-state index in [1.807, 2.05) is 39.0 Å². The fraction of sp³-hybridized carbons (Fsp3) is 0.529. The lowest BCUT2D eigenvalue weighted by molar-refractivity contribution is -0.125. The molecule has 1 unspecified atom stereocenters. The van der Waals surface area contributed by atoms with Crippen molar-refractivity contribution < 1.29 is 9.59 Å². The first-order valence-electron chi connectivity index (χ1n) is 7.76. The molecule has 4 heteroatoms. The van der Waals surface area contributed by atoms with Crippen LogP contribution in [-0.2, 0) is 4.79 Å². The van der Waals surface area contributed by atoms with Crippen LogP contribution in [0.2, 0.25) is 0 Å². The minimum absolute atomic E-state index is 0.000139. The fourth-order valence-electron chi connectivity index (χ4n) is 2.90. The van der Waals surface area contributed by atoms with Crippen LogP contribution < -0.4 is 10.2 Å². The zero-order chi connectivity index (χ0) is 15.6. The van der Waals surface area contributed by atoms with E-state index in [0.717, 1.165) is 12.1 Å². The molecule has 0 saturated carbocycles. The van der Waals surface area contributed by atoms with Gasteiger partial charge in [0, 0.05) is 6.04 Å². The number of anilines is 1. The minimum Gasteiger partial charge on any atom is -0.338 e. The molecule has 1 heterocycles. The molecule has 114 valence electrons. The second-order valence-corrected chi connectivity index (χ2v) is 5.69. The average molecular weight is 288 g/mol. The number of nitrogens with zero attached hydrogens (tertiary/aromatic N) is 1. The molecule has 1 atom stereocenters. The first-order chi connectivity index (χ1) is 10.0. The summed E-state index contributed by atoms with van der Waals surface area (Å²) in [6.07, 6.45) is 2.03. The number of fused-ring (bicyclic) bond motifs is 1. The zero-order valence-electron chi connectivity index (χ0n) is 13.3. The van der Waals surface area contributed by atoms with E-state index in [-0.39, 0.29) is 17.9 Å². The van der Waals surface area contributed by atoms with Crippen LogP contribution in [0.5, 0.6) is 0 Å². The lowest BCUT2D eigenvalue weighted by Gasteiger charge is -2.36. The van der Waals surface area contributed by atoms with Crippen LogP contribution in [0.3, 0.4) is 0 Å². The average Bonchev–Trinajstić information content (AvgIpc) is 2.61. The number of hydrogen-bond donors (Lipinski definition) is 1. The molecule has 1 aliphatic heterocycles. The molecule has 0 radical (unpaired) electrons. The number of carbonyl (C=O) groups is 2. The molecular formula is C17H24N2O2. The number of amides is 2. The Labute approximate surface area is 126 Å². The van der Waals surface area contributed by atoms with Gasteiger partial charge in [0.25, 0.3) is 11.8 Å². The molecule has 0 aliphatic carbocycles. The number of hydrogen-bond acceptors (Lipinski definition) is 2. The summed E-state index contributed by atoms with van der Waals surface area (Å²) < 4.78 is 0. The highest BCUT2D eigenvalue weighted by Gasteiger charge is 2.44. The van der Waals surface area contributed by atoms with Gasteiger partial charge in [-0.15, -0.1) is 0 Å². The van der Waals surface area contributed by atoms with Crippen LogP contribution >= 0.6 is 0 Å². The van der Waals surface area contributed by atoms with Crippen LogP contribution in [0.1, 0.15) is 57.3 Å². The van der Waals surface area contributed by atoms with Crippen molar-refractivity contribution in [1.82, 2.24) is 5.32 Å². The van der Waals surface area contributed by atoms with E-state index >= 15 is 0 Å². The lowest BCUT2D eigenvalue weighted by Crippen LogP contribution is -2.58. The van der Waals surface area contributed by atoms with E-state index in [1.165, 1.54) is 0 Å². The Kier molecular flexibility index (Phi) is 4.35. The highest BCUT2D eigenvalue weighted by Crippen LogP contribution is 2.32. The quantitative estimate of drug-likeness (QED) is 0.925. The van der Waals surface area contributed by atoms with Crippen molar-refractivity contribution in [1.29, 1.82) is 0 Å². The fourth-order valence-corrected chi connectivity index (χ4v) is 2.90. The van der Waals surface area contributed by atoms with Gasteiger partial charge >= 0.3 is 0 Å². The van der Waals surface area contributed by atoms with Gasteiger partial charge in [0.1, 0.15) is 5.54 Å². The maximum absolute atomic E-state index is 13.1. The Morgan fingerprint density at radius 1 is 1.14 bits per heavy atom. The molecule has 2 amide bonds. The second-order valence-electron chi connectivity index (χ2n) is 5.69. The predicted molar refractivity (Wildman–Crippen MR) is 84.5 cm³/mol. The Bertz CT molecular complexity index is 549. The van der Waals surface area contributed by atoms with Crippen molar-refractivity contribution in [3.63, 3.8) is 0 Å². The van der Waals surface area contributed by atoms with Crippen LogP contribution in [0.4, 0.5) is 5.69 Å².